The molecule has 0 amide bonds. The summed E-state index contributed by atoms with van der Waals surface area (Å²) < 4.78 is 13.3. The maximum atomic E-state index is 8.82. The summed E-state index contributed by atoms with van der Waals surface area (Å²) in [6.45, 7) is 0. The summed E-state index contributed by atoms with van der Waals surface area (Å²) in [4.78, 5) is 4.51. The molecule has 1 aromatic heterocycles. The minimum atomic E-state index is 0.257. The van der Waals surface area contributed by atoms with E-state index in [-0.39, 0.29) is 6.42 Å². The smallest absolute Gasteiger partial charge is 0.144 e. The lowest BCUT2D eigenvalue weighted by molar-refractivity contribution is 0.395. The van der Waals surface area contributed by atoms with E-state index in [1.807, 2.05) is 29.8 Å². The normalized spacial score (nSPS) is 10.2. The molecule has 0 N–H and O–H groups in total. The molecule has 6 heteroatoms. The molecule has 0 aliphatic rings. The summed E-state index contributed by atoms with van der Waals surface area (Å²) in [6, 6.07) is 7.66. The molecule has 2 rings (SSSR count). The van der Waals surface area contributed by atoms with Crippen LogP contribution in [0.3, 0.4) is 0 Å². The van der Waals surface area contributed by atoms with Crippen LogP contribution in [-0.2, 0) is 13.5 Å². The minimum Gasteiger partial charge on any atom is -0.497 e. The van der Waals surface area contributed by atoms with E-state index in [9.17, 15) is 0 Å². The van der Waals surface area contributed by atoms with Gasteiger partial charge in [-0.05, 0) is 28.1 Å². The van der Waals surface area contributed by atoms with Crippen LogP contribution in [0, 0.1) is 11.3 Å². The van der Waals surface area contributed by atoms with E-state index >= 15 is 0 Å². The topological polar surface area (TPSA) is 60.1 Å². The number of nitrogens with zero attached hydrogens (tertiary/aromatic N) is 3. The van der Waals surface area contributed by atoms with Crippen molar-refractivity contribution in [1.82, 2.24) is 9.55 Å². The SMILES string of the molecule is COc1ccc(-c2nc(CC#N)c(Br)n2C)c(OC)c1. The van der Waals surface area contributed by atoms with Crippen molar-refractivity contribution < 1.29 is 9.47 Å². The van der Waals surface area contributed by atoms with Gasteiger partial charge in [0.2, 0.25) is 0 Å². The van der Waals surface area contributed by atoms with Gasteiger partial charge in [0.25, 0.3) is 0 Å². The third kappa shape index (κ3) is 2.49. The second-order valence-electron chi connectivity index (χ2n) is 4.13. The minimum absolute atomic E-state index is 0.257. The molecule has 0 saturated carbocycles. The third-order valence-corrected chi connectivity index (χ3v) is 3.98. The molecule has 0 unspecified atom stereocenters. The fraction of sp³-hybridized carbons (Fsp3) is 0.286. The molecule has 5 nitrogen and oxygen atoms in total. The van der Waals surface area contributed by atoms with E-state index in [4.69, 9.17) is 14.7 Å². The molecule has 0 atom stereocenters. The zero-order valence-electron chi connectivity index (χ0n) is 11.5. The lowest BCUT2D eigenvalue weighted by Crippen LogP contribution is -1.96. The molecule has 20 heavy (non-hydrogen) atoms. The Balaban J connectivity index is 2.57. The zero-order valence-corrected chi connectivity index (χ0v) is 13.1. The average Bonchev–Trinajstić information content (AvgIpc) is 2.75. The number of rotatable bonds is 4. The molecule has 0 spiro atoms. The number of hydrogen-bond donors (Lipinski definition) is 0. The number of hydrogen-bond acceptors (Lipinski definition) is 4. The molecule has 0 radical (unpaired) electrons. The fourth-order valence-electron chi connectivity index (χ4n) is 1.95. The van der Waals surface area contributed by atoms with Crippen LogP contribution in [0.5, 0.6) is 11.5 Å². The van der Waals surface area contributed by atoms with E-state index in [1.54, 1.807) is 14.2 Å². The Morgan fingerprint density at radius 3 is 2.70 bits per heavy atom. The summed E-state index contributed by atoms with van der Waals surface area (Å²) in [5.41, 5.74) is 1.56. The first kappa shape index (κ1) is 14.4. The van der Waals surface area contributed by atoms with Crippen molar-refractivity contribution in [3.63, 3.8) is 0 Å². The lowest BCUT2D eigenvalue weighted by atomic mass is 10.2. The van der Waals surface area contributed by atoms with Crippen molar-refractivity contribution in [2.75, 3.05) is 14.2 Å². The molecule has 0 bridgehead atoms. The first-order chi connectivity index (χ1) is 9.62. The molecule has 0 aliphatic heterocycles. The molecule has 0 saturated heterocycles. The highest BCUT2D eigenvalue weighted by molar-refractivity contribution is 9.10. The Bertz CT molecular complexity index is 674. The van der Waals surface area contributed by atoms with Crippen molar-refractivity contribution in [1.29, 1.82) is 5.26 Å². The Morgan fingerprint density at radius 2 is 2.10 bits per heavy atom. The third-order valence-electron chi connectivity index (χ3n) is 2.99. The number of benzene rings is 1. The van der Waals surface area contributed by atoms with Crippen molar-refractivity contribution in [3.8, 4) is 29.0 Å². The van der Waals surface area contributed by atoms with Gasteiger partial charge < -0.3 is 14.0 Å². The quantitative estimate of drug-likeness (QED) is 0.861. The van der Waals surface area contributed by atoms with Gasteiger partial charge in [0, 0.05) is 13.1 Å². The molecule has 0 fully saturated rings. The van der Waals surface area contributed by atoms with Crippen LogP contribution >= 0.6 is 15.9 Å². The average molecular weight is 336 g/mol. The van der Waals surface area contributed by atoms with Crippen LogP contribution in [0.4, 0.5) is 0 Å². The maximum Gasteiger partial charge on any atom is 0.144 e. The van der Waals surface area contributed by atoms with Crippen LogP contribution in [0.1, 0.15) is 5.69 Å². The maximum absolute atomic E-state index is 8.82. The van der Waals surface area contributed by atoms with Crippen molar-refractivity contribution in [2.45, 2.75) is 6.42 Å². The largest absolute Gasteiger partial charge is 0.497 e. The highest BCUT2D eigenvalue weighted by Gasteiger charge is 2.17. The summed E-state index contributed by atoms with van der Waals surface area (Å²) in [7, 11) is 5.10. The Kier molecular flexibility index (Phi) is 4.30. The van der Waals surface area contributed by atoms with E-state index in [0.717, 1.165) is 21.7 Å². The van der Waals surface area contributed by atoms with Gasteiger partial charge >= 0.3 is 0 Å². The summed E-state index contributed by atoms with van der Waals surface area (Å²) in [5.74, 6) is 2.13. The highest BCUT2D eigenvalue weighted by atomic mass is 79.9. The van der Waals surface area contributed by atoms with E-state index in [1.165, 1.54) is 0 Å². The van der Waals surface area contributed by atoms with Gasteiger partial charge in [-0.15, -0.1) is 0 Å². The first-order valence-corrected chi connectivity index (χ1v) is 6.72. The van der Waals surface area contributed by atoms with Gasteiger partial charge in [-0.25, -0.2) is 4.98 Å². The van der Waals surface area contributed by atoms with Crippen molar-refractivity contribution in [2.24, 2.45) is 7.05 Å². The number of methoxy groups -OCH3 is 2. The molecule has 1 heterocycles. The Hall–Kier alpha value is -2.00. The standard InChI is InChI=1S/C14H14BrN3O2/c1-18-13(15)11(6-7-16)17-14(18)10-5-4-9(19-2)8-12(10)20-3/h4-5,8H,6H2,1-3H3. The van der Waals surface area contributed by atoms with Gasteiger partial charge in [-0.3, -0.25) is 0 Å². The lowest BCUT2D eigenvalue weighted by Gasteiger charge is -2.10. The number of aromatic nitrogens is 2. The van der Waals surface area contributed by atoms with Crippen LogP contribution in [0.15, 0.2) is 22.8 Å². The van der Waals surface area contributed by atoms with Crippen LogP contribution < -0.4 is 9.47 Å². The molecule has 2 aromatic rings. The predicted molar refractivity (Wildman–Crippen MR) is 78.8 cm³/mol. The molecular formula is C14H14BrN3O2. The van der Waals surface area contributed by atoms with Gasteiger partial charge in [0.1, 0.15) is 21.9 Å². The van der Waals surface area contributed by atoms with Gasteiger partial charge in [-0.2, -0.15) is 5.26 Å². The molecular weight excluding hydrogens is 322 g/mol. The molecule has 1 aromatic carbocycles. The molecule has 104 valence electrons. The van der Waals surface area contributed by atoms with Gasteiger partial charge in [0.05, 0.1) is 38.0 Å². The number of halogens is 1. The van der Waals surface area contributed by atoms with Crippen LogP contribution in [0.25, 0.3) is 11.4 Å². The van der Waals surface area contributed by atoms with Crippen molar-refractivity contribution >= 4 is 15.9 Å². The summed E-state index contributed by atoms with van der Waals surface area (Å²) in [6.07, 6.45) is 0.257. The fourth-order valence-corrected chi connectivity index (χ4v) is 2.34. The first-order valence-electron chi connectivity index (χ1n) is 5.92. The predicted octanol–water partition coefficient (Wildman–Crippen LogP) is 2.93. The van der Waals surface area contributed by atoms with E-state index < -0.39 is 0 Å². The van der Waals surface area contributed by atoms with Crippen LogP contribution in [0.2, 0.25) is 0 Å². The monoisotopic (exact) mass is 335 g/mol. The number of nitriles is 1. The van der Waals surface area contributed by atoms with Crippen molar-refractivity contribution in [3.05, 3.63) is 28.5 Å². The number of ether oxygens (including phenoxy) is 2. The summed E-state index contributed by atoms with van der Waals surface area (Å²) in [5, 5.41) is 8.82. The van der Waals surface area contributed by atoms with Crippen LogP contribution in [-0.4, -0.2) is 23.8 Å². The Morgan fingerprint density at radius 1 is 1.35 bits per heavy atom. The highest BCUT2D eigenvalue weighted by Crippen LogP contribution is 2.34. The zero-order chi connectivity index (χ0) is 14.7. The molecule has 0 aliphatic carbocycles. The second kappa shape index (κ2) is 5.97. The van der Waals surface area contributed by atoms with E-state index in [0.29, 0.717) is 11.4 Å². The summed E-state index contributed by atoms with van der Waals surface area (Å²) >= 11 is 3.46. The second-order valence-corrected chi connectivity index (χ2v) is 4.88. The van der Waals surface area contributed by atoms with Gasteiger partial charge in [0.15, 0.2) is 0 Å². The Labute approximate surface area is 125 Å². The number of imidazole rings is 1. The van der Waals surface area contributed by atoms with Gasteiger partial charge in [-0.1, -0.05) is 0 Å². The van der Waals surface area contributed by atoms with E-state index in [2.05, 4.69) is 27.0 Å².